The van der Waals surface area contributed by atoms with Crippen molar-refractivity contribution < 1.29 is 4.79 Å². The van der Waals surface area contributed by atoms with Crippen LogP contribution in [0.1, 0.15) is 41.9 Å². The molecular weight excluding hydrogens is 294 g/mol. The summed E-state index contributed by atoms with van der Waals surface area (Å²) >= 11 is 6.01. The third-order valence-corrected chi connectivity index (χ3v) is 3.05. The summed E-state index contributed by atoms with van der Waals surface area (Å²) in [5.74, 6) is -1.18. The molecule has 1 amide bonds. The highest BCUT2D eigenvalue weighted by molar-refractivity contribution is 6.30. The number of carbonyl (C=O) groups excluding carboxylic acids is 1. The fourth-order valence-electron chi connectivity index (χ4n) is 1.74. The average molecular weight is 314 g/mol. The molecule has 0 fully saturated rings. The highest BCUT2D eigenvalue weighted by Gasteiger charge is 2.16. The molecule has 0 saturated heterocycles. The third kappa shape index (κ3) is 5.52. The number of rotatable bonds is 7. The van der Waals surface area contributed by atoms with Crippen LogP contribution in [-0.2, 0) is 6.42 Å². The number of guanidine groups is 1. The van der Waals surface area contributed by atoms with E-state index < -0.39 is 5.91 Å². The maximum Gasteiger partial charge on any atom is 0.302 e. The van der Waals surface area contributed by atoms with Crippen LogP contribution in [0.3, 0.4) is 0 Å². The minimum atomic E-state index is -0.767. The minimum absolute atomic E-state index is 0.0358. The normalized spacial score (nSPS) is 10.4. The zero-order valence-corrected chi connectivity index (χ0v) is 12.4. The predicted molar refractivity (Wildman–Crippen MR) is 82.8 cm³/mol. The molecule has 8 N–H and O–H groups in total. The number of hydrogen-bond donors (Lipinski definition) is 4. The van der Waals surface area contributed by atoms with E-state index in [2.05, 4.69) is 15.0 Å². The van der Waals surface area contributed by atoms with Crippen LogP contribution in [0.15, 0.2) is 4.99 Å². The number of nitrogens with zero attached hydrogens (tertiary/aromatic N) is 3. The van der Waals surface area contributed by atoms with E-state index in [0.29, 0.717) is 18.7 Å². The lowest BCUT2D eigenvalue weighted by Gasteiger charge is -2.07. The average Bonchev–Trinajstić information content (AvgIpc) is 2.41. The van der Waals surface area contributed by atoms with Crippen molar-refractivity contribution >= 4 is 29.3 Å². The first kappa shape index (κ1) is 17.1. The molecule has 1 rings (SSSR count). The van der Waals surface area contributed by atoms with Crippen LogP contribution in [-0.4, -0.2) is 28.4 Å². The number of nitrogens with two attached hydrogens (primary N) is 4. The predicted octanol–water partition coefficient (Wildman–Crippen LogP) is 0.187. The number of hydrogen-bond acceptors (Lipinski definition) is 5. The quantitative estimate of drug-likeness (QED) is 0.317. The van der Waals surface area contributed by atoms with Crippen LogP contribution >= 0.6 is 11.6 Å². The molecular formula is C12H20ClN7O. The minimum Gasteiger partial charge on any atom is -0.382 e. The first-order chi connectivity index (χ1) is 9.95. The molecule has 1 heterocycles. The lowest BCUT2D eigenvalue weighted by atomic mass is 10.1. The Morgan fingerprint density at radius 3 is 2.43 bits per heavy atom. The summed E-state index contributed by atoms with van der Waals surface area (Å²) in [6.07, 6.45) is 4.60. The van der Waals surface area contributed by atoms with Gasteiger partial charge in [-0.1, -0.05) is 24.4 Å². The van der Waals surface area contributed by atoms with E-state index in [1.807, 2.05) is 0 Å². The van der Waals surface area contributed by atoms with Gasteiger partial charge in [0.25, 0.3) is 0 Å². The second-order valence-corrected chi connectivity index (χ2v) is 4.85. The molecule has 0 bridgehead atoms. The highest BCUT2D eigenvalue weighted by atomic mass is 35.5. The van der Waals surface area contributed by atoms with Gasteiger partial charge in [-0.2, -0.15) is 4.99 Å². The molecule has 1 aromatic rings. The molecule has 9 heteroatoms. The fourth-order valence-corrected chi connectivity index (χ4v) is 1.96. The topological polar surface area (TPSA) is 159 Å². The van der Waals surface area contributed by atoms with Gasteiger partial charge in [0.15, 0.2) is 22.6 Å². The number of halogens is 1. The van der Waals surface area contributed by atoms with E-state index in [-0.39, 0.29) is 22.6 Å². The third-order valence-electron chi connectivity index (χ3n) is 2.75. The Balaban J connectivity index is 2.75. The standard InChI is InChI=1S/C12H20ClN7O/c13-9-7(5-3-1-2-4-6-14)18-10(15)8(19-9)11(21)20-12(16)17/h1-6,14H2,(H2,15,18)(H4,16,17,20,21). The van der Waals surface area contributed by atoms with Crippen molar-refractivity contribution in [3.8, 4) is 0 Å². The van der Waals surface area contributed by atoms with E-state index >= 15 is 0 Å². The Kier molecular flexibility index (Phi) is 6.83. The number of aliphatic imine (C=N–C) groups is 1. The van der Waals surface area contributed by atoms with Crippen molar-refractivity contribution in [3.63, 3.8) is 0 Å². The Morgan fingerprint density at radius 1 is 1.14 bits per heavy atom. The lowest BCUT2D eigenvalue weighted by Crippen LogP contribution is -2.25. The van der Waals surface area contributed by atoms with Crippen molar-refractivity contribution in [3.05, 3.63) is 16.5 Å². The van der Waals surface area contributed by atoms with Crippen molar-refractivity contribution in [2.75, 3.05) is 12.3 Å². The summed E-state index contributed by atoms with van der Waals surface area (Å²) in [4.78, 5) is 23.1. The maximum absolute atomic E-state index is 11.7. The molecule has 116 valence electrons. The van der Waals surface area contributed by atoms with Crippen LogP contribution < -0.4 is 22.9 Å². The smallest absolute Gasteiger partial charge is 0.302 e. The van der Waals surface area contributed by atoms with Gasteiger partial charge in [0, 0.05) is 0 Å². The number of amides is 1. The van der Waals surface area contributed by atoms with Crippen LogP contribution in [0.2, 0.25) is 5.15 Å². The van der Waals surface area contributed by atoms with Gasteiger partial charge >= 0.3 is 5.91 Å². The van der Waals surface area contributed by atoms with Gasteiger partial charge in [-0.15, -0.1) is 0 Å². The van der Waals surface area contributed by atoms with Crippen LogP contribution in [0.5, 0.6) is 0 Å². The number of aryl methyl sites for hydroxylation is 1. The Morgan fingerprint density at radius 2 is 1.81 bits per heavy atom. The summed E-state index contributed by atoms with van der Waals surface area (Å²) in [7, 11) is 0. The van der Waals surface area contributed by atoms with Crippen molar-refractivity contribution in [1.29, 1.82) is 0 Å². The summed E-state index contributed by atoms with van der Waals surface area (Å²) in [5.41, 5.74) is 21.8. The van der Waals surface area contributed by atoms with E-state index in [1.165, 1.54) is 0 Å². The summed E-state index contributed by atoms with van der Waals surface area (Å²) in [6, 6.07) is 0. The monoisotopic (exact) mass is 313 g/mol. The van der Waals surface area contributed by atoms with E-state index in [1.54, 1.807) is 0 Å². The molecule has 21 heavy (non-hydrogen) atoms. The van der Waals surface area contributed by atoms with E-state index in [9.17, 15) is 4.79 Å². The molecule has 0 aromatic carbocycles. The molecule has 0 radical (unpaired) electrons. The molecule has 0 aliphatic rings. The molecule has 0 aliphatic carbocycles. The van der Waals surface area contributed by atoms with Gasteiger partial charge in [0.1, 0.15) is 0 Å². The number of aromatic nitrogens is 2. The second kappa shape index (κ2) is 8.38. The van der Waals surface area contributed by atoms with Gasteiger partial charge in [-0.3, -0.25) is 4.79 Å². The molecule has 8 nitrogen and oxygen atoms in total. The summed E-state index contributed by atoms with van der Waals surface area (Å²) in [5, 5.41) is 0.136. The zero-order chi connectivity index (χ0) is 15.8. The number of anilines is 1. The summed E-state index contributed by atoms with van der Waals surface area (Å²) in [6.45, 7) is 0.690. The van der Waals surface area contributed by atoms with E-state index in [4.69, 9.17) is 34.5 Å². The Hall–Kier alpha value is -1.93. The van der Waals surface area contributed by atoms with Crippen molar-refractivity contribution in [1.82, 2.24) is 9.97 Å². The largest absolute Gasteiger partial charge is 0.382 e. The van der Waals surface area contributed by atoms with Crippen molar-refractivity contribution in [2.45, 2.75) is 32.1 Å². The number of carbonyl (C=O) groups is 1. The van der Waals surface area contributed by atoms with Crippen molar-refractivity contribution in [2.24, 2.45) is 22.2 Å². The lowest BCUT2D eigenvalue weighted by molar-refractivity contribution is 0.0998. The molecule has 0 atom stereocenters. The molecule has 0 spiro atoms. The first-order valence-corrected chi connectivity index (χ1v) is 6.99. The maximum atomic E-state index is 11.7. The van der Waals surface area contributed by atoms with Crippen LogP contribution in [0, 0.1) is 0 Å². The number of nitrogen functional groups attached to an aromatic ring is 1. The zero-order valence-electron chi connectivity index (χ0n) is 11.7. The van der Waals surface area contributed by atoms with Crippen LogP contribution in [0.25, 0.3) is 0 Å². The van der Waals surface area contributed by atoms with Gasteiger partial charge in [-0.25, -0.2) is 9.97 Å². The second-order valence-electron chi connectivity index (χ2n) is 4.49. The fraction of sp³-hybridized carbons (Fsp3) is 0.500. The summed E-state index contributed by atoms with van der Waals surface area (Å²) < 4.78 is 0. The Bertz CT molecular complexity index is 529. The van der Waals surface area contributed by atoms with Crippen LogP contribution in [0.4, 0.5) is 5.82 Å². The van der Waals surface area contributed by atoms with Gasteiger partial charge in [-0.05, 0) is 25.8 Å². The SMILES string of the molecule is NCCCCCCc1nc(N)c(C(=O)N=C(N)N)nc1Cl. The van der Waals surface area contributed by atoms with Gasteiger partial charge in [0.05, 0.1) is 5.69 Å². The molecule has 0 aliphatic heterocycles. The van der Waals surface area contributed by atoms with Gasteiger partial charge < -0.3 is 22.9 Å². The van der Waals surface area contributed by atoms with E-state index in [0.717, 1.165) is 25.7 Å². The number of unbranched alkanes of at least 4 members (excludes halogenated alkanes) is 3. The molecule has 0 unspecified atom stereocenters. The Labute approximate surface area is 128 Å². The molecule has 1 aromatic heterocycles. The highest BCUT2D eigenvalue weighted by Crippen LogP contribution is 2.19. The molecule has 0 saturated carbocycles. The van der Waals surface area contributed by atoms with Gasteiger partial charge in [0.2, 0.25) is 0 Å². The first-order valence-electron chi connectivity index (χ1n) is 6.61.